The number of methoxy groups -OCH3 is 2. The van der Waals surface area contributed by atoms with Crippen LogP contribution in [0.2, 0.25) is 0 Å². The fraction of sp³-hybridized carbons (Fsp3) is 0.562. The van der Waals surface area contributed by atoms with Crippen molar-refractivity contribution >= 4 is 16.0 Å². The number of nitrogens with zero attached hydrogens (tertiary/aromatic N) is 1. The van der Waals surface area contributed by atoms with Crippen LogP contribution >= 0.6 is 0 Å². The Hall–Kier alpha value is -1.80. The van der Waals surface area contributed by atoms with Gasteiger partial charge in [0.15, 0.2) is 11.5 Å². The van der Waals surface area contributed by atoms with Crippen molar-refractivity contribution < 1.29 is 26.9 Å². The van der Waals surface area contributed by atoms with Crippen molar-refractivity contribution in [3.8, 4) is 11.5 Å². The van der Waals surface area contributed by atoms with Crippen LogP contribution in [0.5, 0.6) is 11.5 Å². The monoisotopic (exact) mass is 359 g/mol. The van der Waals surface area contributed by atoms with Gasteiger partial charge in [-0.05, 0) is 31.0 Å². The minimum absolute atomic E-state index is 0.00675. The summed E-state index contributed by atoms with van der Waals surface area (Å²) in [5.74, 6) is 0.275. The van der Waals surface area contributed by atoms with E-state index in [4.69, 9.17) is 13.7 Å². The molecule has 7 nitrogen and oxygen atoms in total. The Balaban J connectivity index is 3.11. The Morgan fingerprint density at radius 1 is 1.25 bits per heavy atom. The molecule has 136 valence electrons. The van der Waals surface area contributed by atoms with E-state index in [1.165, 1.54) is 14.2 Å². The average molecular weight is 359 g/mol. The van der Waals surface area contributed by atoms with Gasteiger partial charge in [0.1, 0.15) is 6.61 Å². The molecule has 0 N–H and O–H groups in total. The van der Waals surface area contributed by atoms with Crippen LogP contribution in [0.15, 0.2) is 18.2 Å². The number of rotatable bonds is 9. The lowest BCUT2D eigenvalue weighted by molar-refractivity contribution is -0.138. The summed E-state index contributed by atoms with van der Waals surface area (Å²) in [5.41, 5.74) is 0.735. The number of carbonyl (C=O) groups is 1. The van der Waals surface area contributed by atoms with E-state index < -0.39 is 10.1 Å². The van der Waals surface area contributed by atoms with Crippen LogP contribution < -0.4 is 8.92 Å². The molecule has 1 atom stereocenters. The summed E-state index contributed by atoms with van der Waals surface area (Å²) in [5, 5.41) is 0. The summed E-state index contributed by atoms with van der Waals surface area (Å²) in [4.78, 5) is 13.9. The van der Waals surface area contributed by atoms with Gasteiger partial charge in [-0.25, -0.2) is 0 Å². The highest BCUT2D eigenvalue weighted by atomic mass is 32.2. The molecular formula is C16H25NO6S. The molecule has 0 aliphatic carbocycles. The van der Waals surface area contributed by atoms with Crippen molar-refractivity contribution in [1.82, 2.24) is 4.90 Å². The molecule has 1 amide bonds. The molecule has 0 saturated heterocycles. The Bertz CT molecular complexity index is 659. The van der Waals surface area contributed by atoms with Crippen LogP contribution in [-0.4, -0.2) is 52.3 Å². The van der Waals surface area contributed by atoms with Gasteiger partial charge >= 0.3 is 10.1 Å². The Morgan fingerprint density at radius 3 is 2.42 bits per heavy atom. The molecular weight excluding hydrogens is 334 g/mol. The maximum Gasteiger partial charge on any atom is 0.306 e. The predicted octanol–water partition coefficient (Wildman–Crippen LogP) is 1.81. The number of carbonyl (C=O) groups excluding carboxylic acids is 1. The minimum Gasteiger partial charge on any atom is -0.493 e. The molecule has 0 radical (unpaired) electrons. The maximum absolute atomic E-state index is 12.2. The summed E-state index contributed by atoms with van der Waals surface area (Å²) < 4.78 is 37.8. The molecule has 1 unspecified atom stereocenters. The fourth-order valence-corrected chi connectivity index (χ4v) is 2.62. The van der Waals surface area contributed by atoms with Gasteiger partial charge in [0.2, 0.25) is 5.91 Å². The highest BCUT2D eigenvalue weighted by Gasteiger charge is 2.20. The molecule has 0 fully saturated rings. The van der Waals surface area contributed by atoms with Crippen molar-refractivity contribution in [1.29, 1.82) is 0 Å². The van der Waals surface area contributed by atoms with E-state index in [9.17, 15) is 13.2 Å². The lowest BCUT2D eigenvalue weighted by Gasteiger charge is -2.28. The standard InChI is InChI=1S/C16H25NO6S/c1-6-12(2)17(16(18)11-21-3)10-13-7-8-14(22-4)15(9-13)23-24(5,19)20/h7-9,12H,6,10-11H2,1-5H3. The molecule has 1 rings (SSSR count). The average Bonchev–Trinajstić information content (AvgIpc) is 2.50. The van der Waals surface area contributed by atoms with Gasteiger partial charge in [0.25, 0.3) is 0 Å². The van der Waals surface area contributed by atoms with E-state index in [1.54, 1.807) is 23.1 Å². The summed E-state index contributed by atoms with van der Waals surface area (Å²) in [6.45, 7) is 4.25. The van der Waals surface area contributed by atoms with E-state index in [-0.39, 0.29) is 24.3 Å². The number of benzene rings is 1. The number of amides is 1. The molecule has 24 heavy (non-hydrogen) atoms. The van der Waals surface area contributed by atoms with E-state index in [0.717, 1.165) is 18.2 Å². The highest BCUT2D eigenvalue weighted by Crippen LogP contribution is 2.30. The SMILES string of the molecule is CCC(C)N(Cc1ccc(OC)c(OS(C)(=O)=O)c1)C(=O)COC. The third kappa shape index (κ3) is 6.01. The van der Waals surface area contributed by atoms with Gasteiger partial charge < -0.3 is 18.6 Å². The molecule has 0 aliphatic rings. The third-order valence-electron chi connectivity index (χ3n) is 3.53. The van der Waals surface area contributed by atoms with Gasteiger partial charge in [-0.15, -0.1) is 0 Å². The zero-order valence-corrected chi connectivity index (χ0v) is 15.6. The van der Waals surface area contributed by atoms with Crippen LogP contribution in [0.4, 0.5) is 0 Å². The van der Waals surface area contributed by atoms with Crippen LogP contribution in [0.1, 0.15) is 25.8 Å². The van der Waals surface area contributed by atoms with Crippen molar-refractivity contribution in [2.75, 3.05) is 27.1 Å². The first-order valence-corrected chi connectivity index (χ1v) is 9.38. The second kappa shape index (κ2) is 8.89. The Morgan fingerprint density at radius 2 is 1.92 bits per heavy atom. The summed E-state index contributed by atoms with van der Waals surface area (Å²) in [6, 6.07) is 4.97. The molecule has 0 aliphatic heterocycles. The Kier molecular flexibility index (Phi) is 7.50. The van der Waals surface area contributed by atoms with Crippen LogP contribution in [-0.2, 0) is 26.2 Å². The van der Waals surface area contributed by atoms with Crippen molar-refractivity contribution in [3.63, 3.8) is 0 Å². The number of hydrogen-bond donors (Lipinski definition) is 0. The van der Waals surface area contributed by atoms with Crippen molar-refractivity contribution in [2.45, 2.75) is 32.9 Å². The smallest absolute Gasteiger partial charge is 0.306 e. The van der Waals surface area contributed by atoms with Gasteiger partial charge in [-0.1, -0.05) is 13.0 Å². The molecule has 1 aromatic rings. The van der Waals surface area contributed by atoms with Crippen LogP contribution in [0.3, 0.4) is 0 Å². The summed E-state index contributed by atoms with van der Waals surface area (Å²) >= 11 is 0. The van der Waals surface area contributed by atoms with E-state index in [0.29, 0.717) is 12.3 Å². The first kappa shape index (κ1) is 20.2. The molecule has 8 heteroatoms. The molecule has 1 aromatic carbocycles. The van der Waals surface area contributed by atoms with Crippen molar-refractivity contribution in [3.05, 3.63) is 23.8 Å². The maximum atomic E-state index is 12.2. The first-order chi connectivity index (χ1) is 11.2. The van der Waals surface area contributed by atoms with Crippen LogP contribution in [0, 0.1) is 0 Å². The normalized spacial score (nSPS) is 12.5. The number of hydrogen-bond acceptors (Lipinski definition) is 6. The molecule has 0 bridgehead atoms. The largest absolute Gasteiger partial charge is 0.493 e. The topological polar surface area (TPSA) is 82.1 Å². The Labute approximate surface area is 143 Å². The lowest BCUT2D eigenvalue weighted by atomic mass is 10.1. The second-order valence-electron chi connectivity index (χ2n) is 5.48. The summed E-state index contributed by atoms with van der Waals surface area (Å²) in [7, 11) is -0.783. The zero-order chi connectivity index (χ0) is 18.3. The summed E-state index contributed by atoms with van der Waals surface area (Å²) in [6.07, 6.45) is 1.75. The zero-order valence-electron chi connectivity index (χ0n) is 14.7. The van der Waals surface area contributed by atoms with Gasteiger partial charge in [-0.3, -0.25) is 4.79 Å². The predicted molar refractivity (Wildman–Crippen MR) is 90.6 cm³/mol. The quantitative estimate of drug-likeness (QED) is 0.626. The second-order valence-corrected chi connectivity index (χ2v) is 7.06. The molecule has 0 heterocycles. The van der Waals surface area contributed by atoms with E-state index >= 15 is 0 Å². The highest BCUT2D eigenvalue weighted by molar-refractivity contribution is 7.86. The van der Waals surface area contributed by atoms with Gasteiger partial charge in [0.05, 0.1) is 13.4 Å². The van der Waals surface area contributed by atoms with E-state index in [2.05, 4.69) is 0 Å². The van der Waals surface area contributed by atoms with E-state index in [1.807, 2.05) is 13.8 Å². The van der Waals surface area contributed by atoms with Crippen molar-refractivity contribution in [2.24, 2.45) is 0 Å². The molecule has 0 spiro atoms. The fourth-order valence-electron chi connectivity index (χ4n) is 2.16. The molecule has 0 aromatic heterocycles. The van der Waals surface area contributed by atoms with Gasteiger partial charge in [0, 0.05) is 19.7 Å². The lowest BCUT2D eigenvalue weighted by Crippen LogP contribution is -2.39. The minimum atomic E-state index is -3.68. The van der Waals surface area contributed by atoms with Crippen LogP contribution in [0.25, 0.3) is 0 Å². The molecule has 0 saturated carbocycles. The third-order valence-corrected chi connectivity index (χ3v) is 4.02. The first-order valence-electron chi connectivity index (χ1n) is 7.56. The number of ether oxygens (including phenoxy) is 2. The van der Waals surface area contributed by atoms with Gasteiger partial charge in [-0.2, -0.15) is 8.42 Å².